The zero-order chi connectivity index (χ0) is 9.97. The summed E-state index contributed by atoms with van der Waals surface area (Å²) in [5, 5.41) is 9.95. The topological polar surface area (TPSA) is 55.2 Å². The van der Waals surface area contributed by atoms with E-state index in [9.17, 15) is 5.11 Å². The quantitative estimate of drug-likeness (QED) is 0.811. The van der Waals surface area contributed by atoms with Crippen LogP contribution in [0.2, 0.25) is 0 Å². The number of ether oxygens (including phenoxy) is 1. The lowest BCUT2D eigenvalue weighted by atomic mass is 9.93. The fraction of sp³-hybridized carbons (Fsp3) is 0.778. The lowest BCUT2D eigenvalue weighted by molar-refractivity contribution is 0.0437. The van der Waals surface area contributed by atoms with E-state index < -0.39 is 0 Å². The second-order valence-corrected chi connectivity index (χ2v) is 4.26. The van der Waals surface area contributed by atoms with E-state index in [-0.39, 0.29) is 18.1 Å². The lowest BCUT2D eigenvalue weighted by Gasteiger charge is -2.19. The van der Waals surface area contributed by atoms with E-state index in [0.717, 1.165) is 18.7 Å². The summed E-state index contributed by atoms with van der Waals surface area (Å²) < 4.78 is 13.4. The van der Waals surface area contributed by atoms with Crippen LogP contribution < -0.4 is 0 Å². The van der Waals surface area contributed by atoms with E-state index in [0.29, 0.717) is 6.42 Å². The van der Waals surface area contributed by atoms with E-state index in [4.69, 9.17) is 4.74 Å². The van der Waals surface area contributed by atoms with Gasteiger partial charge in [-0.05, 0) is 13.3 Å². The lowest BCUT2D eigenvalue weighted by Crippen LogP contribution is -2.28. The van der Waals surface area contributed by atoms with Gasteiger partial charge in [0.15, 0.2) is 0 Å². The third kappa shape index (κ3) is 2.10. The largest absolute Gasteiger partial charge is 0.392 e. The predicted octanol–water partition coefficient (Wildman–Crippen LogP) is 0.867. The van der Waals surface area contributed by atoms with Crippen LogP contribution in [0.3, 0.4) is 0 Å². The van der Waals surface area contributed by atoms with Crippen molar-refractivity contribution in [2.45, 2.75) is 32.0 Å². The molecule has 1 N–H and O–H groups in total. The zero-order valence-corrected chi connectivity index (χ0v) is 8.91. The Morgan fingerprint density at radius 3 is 3.21 bits per heavy atom. The van der Waals surface area contributed by atoms with Crippen LogP contribution in [0, 0.1) is 5.92 Å². The Hall–Kier alpha value is -0.520. The Labute approximate surface area is 87.2 Å². The molecule has 0 saturated carbocycles. The van der Waals surface area contributed by atoms with Crippen LogP contribution in [0.4, 0.5) is 0 Å². The van der Waals surface area contributed by atoms with Gasteiger partial charge in [0.1, 0.15) is 0 Å². The molecule has 78 valence electrons. The van der Waals surface area contributed by atoms with Crippen molar-refractivity contribution in [2.75, 3.05) is 6.61 Å². The molecule has 0 aromatic carbocycles. The molecular formula is C9H14N2O2S. The van der Waals surface area contributed by atoms with Crippen molar-refractivity contribution in [1.82, 2.24) is 8.75 Å². The summed E-state index contributed by atoms with van der Waals surface area (Å²) in [4.78, 5) is 0. The minimum Gasteiger partial charge on any atom is -0.392 e. The first-order chi connectivity index (χ1) is 6.77. The Morgan fingerprint density at radius 2 is 2.64 bits per heavy atom. The Balaban J connectivity index is 1.92. The summed E-state index contributed by atoms with van der Waals surface area (Å²) >= 11 is 1.18. The maximum Gasteiger partial charge on any atom is 0.0768 e. The first-order valence-corrected chi connectivity index (χ1v) is 5.56. The SMILES string of the molecule is CC1OCCC1C(O)Cc1cnsn1. The molecule has 0 spiro atoms. The number of rotatable bonds is 3. The van der Waals surface area contributed by atoms with Crippen LogP contribution in [0.25, 0.3) is 0 Å². The molecule has 1 aromatic heterocycles. The van der Waals surface area contributed by atoms with Gasteiger partial charge >= 0.3 is 0 Å². The first-order valence-electron chi connectivity index (χ1n) is 4.83. The molecule has 0 radical (unpaired) electrons. The number of aliphatic hydroxyl groups is 1. The van der Waals surface area contributed by atoms with Crippen molar-refractivity contribution >= 4 is 11.7 Å². The van der Waals surface area contributed by atoms with Gasteiger partial charge in [-0.3, -0.25) is 0 Å². The van der Waals surface area contributed by atoms with Gasteiger partial charge in [0.25, 0.3) is 0 Å². The van der Waals surface area contributed by atoms with Crippen LogP contribution in [0.5, 0.6) is 0 Å². The molecule has 4 nitrogen and oxygen atoms in total. The van der Waals surface area contributed by atoms with Gasteiger partial charge < -0.3 is 9.84 Å². The highest BCUT2D eigenvalue weighted by atomic mass is 32.1. The van der Waals surface area contributed by atoms with Gasteiger partial charge in [-0.2, -0.15) is 8.75 Å². The molecule has 0 amide bonds. The van der Waals surface area contributed by atoms with E-state index in [1.54, 1.807) is 6.20 Å². The predicted molar refractivity (Wildman–Crippen MR) is 53.1 cm³/mol. The van der Waals surface area contributed by atoms with E-state index in [2.05, 4.69) is 8.75 Å². The fourth-order valence-corrected chi connectivity index (χ4v) is 2.34. The smallest absolute Gasteiger partial charge is 0.0768 e. The number of aliphatic hydroxyl groups excluding tert-OH is 1. The summed E-state index contributed by atoms with van der Waals surface area (Å²) in [5.41, 5.74) is 0.876. The molecule has 1 aliphatic rings. The van der Waals surface area contributed by atoms with Crippen molar-refractivity contribution in [1.29, 1.82) is 0 Å². The standard InChI is InChI=1S/C9H14N2O2S/c1-6-8(2-3-13-6)9(12)4-7-5-10-14-11-7/h5-6,8-9,12H,2-4H2,1H3. The average Bonchev–Trinajstić information content (AvgIpc) is 2.75. The third-order valence-corrected chi connectivity index (χ3v) is 3.27. The van der Waals surface area contributed by atoms with Crippen molar-refractivity contribution < 1.29 is 9.84 Å². The van der Waals surface area contributed by atoms with E-state index in [1.807, 2.05) is 6.92 Å². The van der Waals surface area contributed by atoms with Crippen molar-refractivity contribution in [3.63, 3.8) is 0 Å². The van der Waals surface area contributed by atoms with Crippen LogP contribution in [0.1, 0.15) is 19.0 Å². The summed E-state index contributed by atoms with van der Waals surface area (Å²) in [7, 11) is 0. The van der Waals surface area contributed by atoms with E-state index >= 15 is 0 Å². The van der Waals surface area contributed by atoms with Gasteiger partial charge in [0.2, 0.25) is 0 Å². The molecule has 0 bridgehead atoms. The highest BCUT2D eigenvalue weighted by Crippen LogP contribution is 2.25. The van der Waals surface area contributed by atoms with Gasteiger partial charge in [-0.15, -0.1) is 0 Å². The number of aromatic nitrogens is 2. The van der Waals surface area contributed by atoms with Crippen LogP contribution in [-0.2, 0) is 11.2 Å². The molecule has 1 aromatic rings. The second-order valence-electron chi connectivity index (χ2n) is 3.70. The Kier molecular flexibility index (Phi) is 3.10. The number of hydrogen-bond donors (Lipinski definition) is 1. The number of nitrogens with zero attached hydrogens (tertiary/aromatic N) is 2. The van der Waals surface area contributed by atoms with E-state index in [1.165, 1.54) is 11.7 Å². The molecule has 5 heteroatoms. The van der Waals surface area contributed by atoms with Crippen molar-refractivity contribution in [2.24, 2.45) is 5.92 Å². The maximum absolute atomic E-state index is 9.95. The number of hydrogen-bond acceptors (Lipinski definition) is 5. The molecule has 2 rings (SSSR count). The van der Waals surface area contributed by atoms with Gasteiger partial charge in [0, 0.05) is 18.9 Å². The average molecular weight is 214 g/mol. The molecule has 3 atom stereocenters. The molecule has 1 fully saturated rings. The Bertz CT molecular complexity index is 278. The molecule has 1 aliphatic heterocycles. The molecular weight excluding hydrogens is 200 g/mol. The summed E-state index contributed by atoms with van der Waals surface area (Å²) in [6.07, 6.45) is 3.07. The van der Waals surface area contributed by atoms with Crippen LogP contribution in [-0.4, -0.2) is 32.7 Å². The molecule has 1 saturated heterocycles. The van der Waals surface area contributed by atoms with Gasteiger partial charge in [0.05, 0.1) is 35.8 Å². The molecule has 3 unspecified atom stereocenters. The Morgan fingerprint density at radius 1 is 1.79 bits per heavy atom. The first kappa shape index (κ1) is 10.0. The minimum absolute atomic E-state index is 0.164. The van der Waals surface area contributed by atoms with Gasteiger partial charge in [-0.1, -0.05) is 0 Å². The van der Waals surface area contributed by atoms with Crippen molar-refractivity contribution in [3.05, 3.63) is 11.9 Å². The minimum atomic E-state index is -0.351. The molecule has 0 aliphatic carbocycles. The zero-order valence-electron chi connectivity index (χ0n) is 8.09. The van der Waals surface area contributed by atoms with Crippen LogP contribution in [0.15, 0.2) is 6.20 Å². The summed E-state index contributed by atoms with van der Waals surface area (Å²) in [6, 6.07) is 0. The normalized spacial score (nSPS) is 29.3. The molecule has 2 heterocycles. The third-order valence-electron chi connectivity index (χ3n) is 2.75. The highest BCUT2D eigenvalue weighted by Gasteiger charge is 2.30. The van der Waals surface area contributed by atoms with Gasteiger partial charge in [-0.25, -0.2) is 0 Å². The summed E-state index contributed by atoms with van der Waals surface area (Å²) in [5.74, 6) is 0.247. The monoisotopic (exact) mass is 214 g/mol. The summed E-state index contributed by atoms with van der Waals surface area (Å²) in [6.45, 7) is 2.78. The molecule has 14 heavy (non-hydrogen) atoms. The fourth-order valence-electron chi connectivity index (χ4n) is 1.89. The maximum atomic E-state index is 9.95. The van der Waals surface area contributed by atoms with Crippen LogP contribution >= 0.6 is 11.7 Å². The second kappa shape index (κ2) is 4.33. The van der Waals surface area contributed by atoms with Crippen molar-refractivity contribution in [3.8, 4) is 0 Å². The highest BCUT2D eigenvalue weighted by molar-refractivity contribution is 6.99.